The Morgan fingerprint density at radius 1 is 0.921 bits per heavy atom. The molecule has 9 atom stereocenters. The van der Waals surface area contributed by atoms with Crippen LogP contribution >= 0.6 is 0 Å². The molecule has 0 bridgehead atoms. The van der Waals surface area contributed by atoms with Crippen molar-refractivity contribution in [2.24, 2.45) is 40.4 Å². The lowest BCUT2D eigenvalue weighted by Gasteiger charge is -2.62. The molecular formula is C29H45F5O3S. The predicted octanol–water partition coefficient (Wildman–Crippen LogP) is 7.47. The Hall–Kier alpha value is -0.570. The summed E-state index contributed by atoms with van der Waals surface area (Å²) in [7, 11) is -1.39. The number of ketones is 1. The number of halogens is 5. The van der Waals surface area contributed by atoms with Crippen LogP contribution in [0.3, 0.4) is 0 Å². The third-order valence-electron chi connectivity index (χ3n) is 11.3. The smallest absolute Gasteiger partial charge is 0.393 e. The van der Waals surface area contributed by atoms with Crippen LogP contribution in [0.1, 0.15) is 104 Å². The van der Waals surface area contributed by atoms with Crippen molar-refractivity contribution in [3.05, 3.63) is 0 Å². The lowest BCUT2D eigenvalue weighted by atomic mass is 9.42. The van der Waals surface area contributed by atoms with Gasteiger partial charge in [-0.1, -0.05) is 33.1 Å². The largest absolute Gasteiger partial charge is 0.453 e. The van der Waals surface area contributed by atoms with E-state index in [1.54, 1.807) is 0 Å². The van der Waals surface area contributed by atoms with Crippen molar-refractivity contribution in [2.45, 2.75) is 122 Å². The van der Waals surface area contributed by atoms with Crippen LogP contribution in [-0.4, -0.2) is 44.8 Å². The number of rotatable bonds is 10. The van der Waals surface area contributed by atoms with Crippen molar-refractivity contribution >= 4 is 16.6 Å². The number of alkyl halides is 5. The second kappa shape index (κ2) is 11.4. The van der Waals surface area contributed by atoms with Gasteiger partial charge in [0.25, 0.3) is 0 Å². The summed E-state index contributed by atoms with van der Waals surface area (Å²) in [6.45, 7) is 4.70. The Kier molecular flexibility index (Phi) is 9.09. The number of unbranched alkanes of at least 4 members (excludes halogenated alkanes) is 2. The van der Waals surface area contributed by atoms with Gasteiger partial charge in [0.2, 0.25) is 0 Å². The van der Waals surface area contributed by atoms with Gasteiger partial charge in [-0.25, -0.2) is 0 Å². The first-order valence-corrected chi connectivity index (χ1v) is 16.2. The molecule has 220 valence electrons. The highest BCUT2D eigenvalue weighted by Crippen LogP contribution is 2.67. The number of carbonyl (C=O) groups excluding carboxylic acids is 1. The molecule has 0 aromatic heterocycles. The normalized spacial score (nSPS) is 40.4. The molecule has 0 aromatic carbocycles. The maximum absolute atomic E-state index is 13.0. The van der Waals surface area contributed by atoms with Gasteiger partial charge in [0.15, 0.2) is 0 Å². The fourth-order valence-corrected chi connectivity index (χ4v) is 10.2. The maximum atomic E-state index is 13.0. The Morgan fingerprint density at radius 2 is 1.61 bits per heavy atom. The molecule has 0 radical (unpaired) electrons. The van der Waals surface area contributed by atoms with Gasteiger partial charge in [0.1, 0.15) is 5.78 Å². The summed E-state index contributed by atoms with van der Waals surface area (Å²) < 4.78 is 75.1. The van der Waals surface area contributed by atoms with Crippen molar-refractivity contribution < 1.29 is 36.1 Å². The zero-order valence-corrected chi connectivity index (χ0v) is 23.7. The quantitative estimate of drug-likeness (QED) is 0.220. The van der Waals surface area contributed by atoms with E-state index >= 15 is 0 Å². The molecule has 4 fully saturated rings. The first-order chi connectivity index (χ1) is 17.7. The molecule has 0 saturated heterocycles. The van der Waals surface area contributed by atoms with E-state index in [2.05, 4.69) is 13.8 Å². The zero-order valence-electron chi connectivity index (χ0n) is 22.8. The highest BCUT2D eigenvalue weighted by molar-refractivity contribution is 7.84. The van der Waals surface area contributed by atoms with Crippen LogP contribution in [0.4, 0.5) is 22.0 Å². The summed E-state index contributed by atoms with van der Waals surface area (Å²) in [5, 5.41) is 10.9. The van der Waals surface area contributed by atoms with Crippen molar-refractivity contribution in [2.75, 3.05) is 11.5 Å². The Morgan fingerprint density at radius 3 is 2.32 bits per heavy atom. The monoisotopic (exact) mass is 568 g/mol. The Bertz CT molecular complexity index is 879. The maximum Gasteiger partial charge on any atom is 0.453 e. The summed E-state index contributed by atoms with van der Waals surface area (Å²) in [5.74, 6) is -1.54. The standard InChI is InChI=1S/C29H45F5O3S/c1-26-13-10-21(35)18-20(26)17-19(25-22-8-9-24(36)27(22,2)14-11-23(25)26)7-4-3-5-15-38(37)16-6-12-28(30,31)29(32,33)34/h19-20,22-25,36H,3-18H2,1-2H3/t19-,20?,22+,23+,24+,25+,26+,27+,38?/m1/s1. The number of aliphatic hydroxyl groups excluding tert-OH is 1. The molecule has 38 heavy (non-hydrogen) atoms. The van der Waals surface area contributed by atoms with E-state index in [4.69, 9.17) is 0 Å². The number of fused-ring (bicyclic) bond motifs is 5. The van der Waals surface area contributed by atoms with Gasteiger partial charge in [-0.05, 0) is 91.8 Å². The van der Waals surface area contributed by atoms with E-state index in [0.717, 1.165) is 57.8 Å². The van der Waals surface area contributed by atoms with Crippen LogP contribution in [0.2, 0.25) is 0 Å². The molecule has 2 unspecified atom stereocenters. The van der Waals surface area contributed by atoms with E-state index in [1.165, 1.54) is 0 Å². The average Bonchev–Trinajstić information content (AvgIpc) is 3.13. The van der Waals surface area contributed by atoms with E-state index < -0.39 is 35.7 Å². The molecule has 4 rings (SSSR count). The molecule has 0 heterocycles. The van der Waals surface area contributed by atoms with Gasteiger partial charge >= 0.3 is 12.1 Å². The summed E-state index contributed by atoms with van der Waals surface area (Å²) >= 11 is 0. The molecule has 0 aliphatic heterocycles. The van der Waals surface area contributed by atoms with Crippen LogP contribution in [0.15, 0.2) is 0 Å². The third kappa shape index (κ3) is 5.89. The fourth-order valence-electron chi connectivity index (χ4n) is 9.04. The minimum Gasteiger partial charge on any atom is -0.393 e. The summed E-state index contributed by atoms with van der Waals surface area (Å²) in [5.41, 5.74) is 0.177. The summed E-state index contributed by atoms with van der Waals surface area (Å²) in [6, 6.07) is 0. The molecule has 0 aromatic rings. The van der Waals surface area contributed by atoms with E-state index in [0.29, 0.717) is 60.4 Å². The Balaban J connectivity index is 1.30. The molecule has 3 nitrogen and oxygen atoms in total. The second-order valence-corrected chi connectivity index (χ2v) is 15.1. The first-order valence-electron chi connectivity index (χ1n) is 14.7. The molecule has 4 aliphatic rings. The van der Waals surface area contributed by atoms with E-state index in [9.17, 15) is 36.1 Å². The molecule has 4 saturated carbocycles. The summed E-state index contributed by atoms with van der Waals surface area (Å²) in [4.78, 5) is 12.4. The van der Waals surface area contributed by atoms with Crippen molar-refractivity contribution in [3.63, 3.8) is 0 Å². The van der Waals surface area contributed by atoms with E-state index in [1.807, 2.05) is 0 Å². The van der Waals surface area contributed by atoms with Crippen molar-refractivity contribution in [3.8, 4) is 0 Å². The molecular weight excluding hydrogens is 523 g/mol. The molecule has 9 heteroatoms. The SMILES string of the molecule is C[C@]12CC[C@H]3[C@@H]([C@H](CCCCCS(=O)CCCC(F)(F)C(F)(F)F)CC4CC(=O)CC[C@@]43C)[C@@H]1CC[C@@H]2O. The number of aliphatic hydroxyl groups is 1. The topological polar surface area (TPSA) is 54.4 Å². The van der Waals surface area contributed by atoms with Gasteiger partial charge in [0, 0.05) is 41.6 Å². The first kappa shape index (κ1) is 30.4. The lowest BCUT2D eigenvalue weighted by Crippen LogP contribution is -2.57. The number of carbonyl (C=O) groups is 1. The van der Waals surface area contributed by atoms with Gasteiger partial charge in [-0.3, -0.25) is 9.00 Å². The van der Waals surface area contributed by atoms with Crippen LogP contribution in [0.5, 0.6) is 0 Å². The van der Waals surface area contributed by atoms with Crippen LogP contribution in [-0.2, 0) is 15.6 Å². The average molecular weight is 569 g/mol. The van der Waals surface area contributed by atoms with Crippen LogP contribution < -0.4 is 0 Å². The van der Waals surface area contributed by atoms with Gasteiger partial charge < -0.3 is 5.11 Å². The van der Waals surface area contributed by atoms with Gasteiger partial charge in [0.05, 0.1) is 6.10 Å². The second-order valence-electron chi connectivity index (χ2n) is 13.4. The van der Waals surface area contributed by atoms with Gasteiger partial charge in [-0.2, -0.15) is 22.0 Å². The summed E-state index contributed by atoms with van der Waals surface area (Å²) in [6.07, 6.45) is 3.55. The van der Waals surface area contributed by atoms with E-state index in [-0.39, 0.29) is 22.7 Å². The van der Waals surface area contributed by atoms with Crippen LogP contribution in [0, 0.1) is 40.4 Å². The molecule has 4 aliphatic carbocycles. The lowest BCUT2D eigenvalue weighted by molar-refractivity contribution is -0.284. The number of hydrogen-bond donors (Lipinski definition) is 1. The molecule has 0 amide bonds. The highest BCUT2D eigenvalue weighted by atomic mass is 32.2. The van der Waals surface area contributed by atoms with Crippen LogP contribution in [0.25, 0.3) is 0 Å². The van der Waals surface area contributed by atoms with Gasteiger partial charge in [-0.15, -0.1) is 0 Å². The minimum atomic E-state index is -5.55. The Labute approximate surface area is 226 Å². The highest BCUT2D eigenvalue weighted by Gasteiger charge is 2.62. The fraction of sp³-hybridized carbons (Fsp3) is 0.966. The zero-order chi connectivity index (χ0) is 27.9. The predicted molar refractivity (Wildman–Crippen MR) is 138 cm³/mol. The molecule has 1 N–H and O–H groups in total. The van der Waals surface area contributed by atoms with Crippen molar-refractivity contribution in [1.29, 1.82) is 0 Å². The molecule has 0 spiro atoms. The minimum absolute atomic E-state index is 0.0209. The number of hydrogen-bond acceptors (Lipinski definition) is 3. The van der Waals surface area contributed by atoms with Crippen molar-refractivity contribution in [1.82, 2.24) is 0 Å². The number of Topliss-reactive ketones (excluding diaryl/α,β-unsaturated/α-hetero) is 1. The third-order valence-corrected chi connectivity index (χ3v) is 12.8.